The number of Topliss-reactive ketones (excluding diaryl/α,β-unsaturated/α-hetero) is 1. The first-order chi connectivity index (χ1) is 23.3. The molecule has 1 aliphatic rings. The molecule has 0 unspecified atom stereocenters. The van der Waals surface area contributed by atoms with Gasteiger partial charge in [-0.2, -0.15) is 0 Å². The highest BCUT2D eigenvalue weighted by Gasteiger charge is 2.48. The van der Waals surface area contributed by atoms with Crippen molar-refractivity contribution in [3.8, 4) is 11.5 Å². The molecule has 48 heavy (non-hydrogen) atoms. The van der Waals surface area contributed by atoms with Gasteiger partial charge in [-0.15, -0.1) is 10.2 Å². The maximum Gasteiger partial charge on any atom is 0.301 e. The molecule has 2 heterocycles. The Kier molecular flexibility index (Phi) is 10.1. The van der Waals surface area contributed by atoms with E-state index in [1.807, 2.05) is 18.2 Å². The Labute approximate surface area is 286 Å². The van der Waals surface area contributed by atoms with Gasteiger partial charge in [0.05, 0.1) is 25.3 Å². The van der Waals surface area contributed by atoms with E-state index >= 15 is 0 Å². The molecule has 11 heteroatoms. The summed E-state index contributed by atoms with van der Waals surface area (Å²) < 4.78 is 26.8. The van der Waals surface area contributed by atoms with E-state index in [1.54, 1.807) is 25.1 Å². The molecule has 1 atom stereocenters. The topological polar surface area (TPSA) is 102 Å². The van der Waals surface area contributed by atoms with Gasteiger partial charge in [-0.3, -0.25) is 14.5 Å². The predicted octanol–water partition coefficient (Wildman–Crippen LogP) is 8.64. The van der Waals surface area contributed by atoms with Gasteiger partial charge in [0.2, 0.25) is 5.13 Å². The average Bonchev–Trinajstić information content (AvgIpc) is 3.68. The Balaban J connectivity index is 1.38. The molecule has 1 fully saturated rings. The molecule has 246 valence electrons. The zero-order chi connectivity index (χ0) is 33.8. The third-order valence-electron chi connectivity index (χ3n) is 8.23. The molecule has 1 amide bonds. The second-order valence-electron chi connectivity index (χ2n) is 11.4. The summed E-state index contributed by atoms with van der Waals surface area (Å²) in [5.74, 6) is -1.31. The lowest BCUT2D eigenvalue weighted by molar-refractivity contribution is -0.132. The highest BCUT2D eigenvalue weighted by molar-refractivity contribution is 8.00. The summed E-state index contributed by atoms with van der Waals surface area (Å²) in [6, 6.07) is 22.5. The van der Waals surface area contributed by atoms with Gasteiger partial charge >= 0.3 is 5.91 Å². The zero-order valence-corrected chi connectivity index (χ0v) is 28.4. The van der Waals surface area contributed by atoms with Gasteiger partial charge in [0.15, 0.2) is 15.8 Å². The van der Waals surface area contributed by atoms with Crippen LogP contribution in [0.15, 0.2) is 88.8 Å². The van der Waals surface area contributed by atoms with Crippen molar-refractivity contribution in [2.45, 2.75) is 49.2 Å². The van der Waals surface area contributed by atoms with Gasteiger partial charge < -0.3 is 14.6 Å². The normalized spacial score (nSPS) is 15.8. The van der Waals surface area contributed by atoms with Crippen molar-refractivity contribution in [2.24, 2.45) is 0 Å². The number of aliphatic hydroxyl groups is 1. The van der Waals surface area contributed by atoms with Gasteiger partial charge in [0.1, 0.15) is 11.6 Å². The Hall–Kier alpha value is -4.74. The van der Waals surface area contributed by atoms with Gasteiger partial charge in [-0.05, 0) is 59.0 Å². The number of amides is 1. The summed E-state index contributed by atoms with van der Waals surface area (Å²) in [6.45, 7) is 4.22. The number of benzene rings is 4. The fraction of sp³-hybridized carbons (Fsp3) is 0.243. The molecule has 6 rings (SSSR count). The van der Waals surface area contributed by atoms with Gasteiger partial charge in [0, 0.05) is 11.3 Å². The molecule has 0 spiro atoms. The van der Waals surface area contributed by atoms with Crippen molar-refractivity contribution in [3.63, 3.8) is 0 Å². The second-order valence-corrected chi connectivity index (χ2v) is 13.6. The van der Waals surface area contributed by atoms with Crippen molar-refractivity contribution in [2.75, 3.05) is 18.6 Å². The lowest BCUT2D eigenvalue weighted by Gasteiger charge is -2.23. The lowest BCUT2D eigenvalue weighted by Crippen LogP contribution is -2.29. The number of anilines is 1. The van der Waals surface area contributed by atoms with Crippen LogP contribution in [0.3, 0.4) is 0 Å². The number of nitrogens with zero attached hydrogens (tertiary/aromatic N) is 3. The summed E-state index contributed by atoms with van der Waals surface area (Å²) >= 11 is 2.65. The molecule has 0 radical (unpaired) electrons. The number of ketones is 1. The van der Waals surface area contributed by atoms with Crippen molar-refractivity contribution in [1.29, 1.82) is 0 Å². The van der Waals surface area contributed by atoms with Crippen LogP contribution in [0.4, 0.5) is 9.52 Å². The third-order valence-corrected chi connectivity index (χ3v) is 10.3. The average molecular weight is 684 g/mol. The lowest BCUT2D eigenvalue weighted by atomic mass is 9.94. The largest absolute Gasteiger partial charge is 0.507 e. The smallest absolute Gasteiger partial charge is 0.301 e. The molecule has 1 saturated heterocycles. The maximum atomic E-state index is 14.6. The number of rotatable bonds is 12. The van der Waals surface area contributed by atoms with Crippen LogP contribution in [0.25, 0.3) is 16.5 Å². The number of carbonyl (C=O) groups excluding carboxylic acids is 2. The van der Waals surface area contributed by atoms with E-state index in [0.29, 0.717) is 39.3 Å². The fourth-order valence-electron chi connectivity index (χ4n) is 5.66. The number of hydrogen-bond donors (Lipinski definition) is 1. The first kappa shape index (κ1) is 33.2. The Bertz CT molecular complexity index is 2020. The number of aryl methyl sites for hydroxylation is 1. The molecule has 0 aliphatic carbocycles. The molecular formula is C37H34FN3O5S2. The van der Waals surface area contributed by atoms with Crippen LogP contribution >= 0.6 is 23.1 Å². The molecule has 1 N–H and O–H groups in total. The summed E-state index contributed by atoms with van der Waals surface area (Å²) in [5, 5.41) is 22.6. The van der Waals surface area contributed by atoms with Crippen LogP contribution in [-0.2, 0) is 15.3 Å². The predicted molar refractivity (Wildman–Crippen MR) is 187 cm³/mol. The van der Waals surface area contributed by atoms with Gasteiger partial charge in [0.25, 0.3) is 5.78 Å². The minimum absolute atomic E-state index is 0.0764. The molecule has 1 aromatic heterocycles. The SMILES string of the molecule is CCCCCOc1ccc([C@H]2C(=C(O)c3ccc(C)c(F)c3)C(=O)C(=O)N2c2nnc(SCc3cccc4ccccc34)s2)cc1OC. The third kappa shape index (κ3) is 6.65. The standard InChI is InChI=1S/C37H34FN3O5S2/c1-4-5-8-18-46-29-17-16-24(20-30(29)45-3)32-31(33(42)25-15-14-22(2)28(38)19-25)34(43)35(44)41(32)36-39-40-37(48-36)47-21-26-12-9-11-23-10-6-7-13-27(23)26/h6-7,9-17,19-20,32,42H,4-5,8,18,21H2,1-3H3/t32-/m0/s1. The molecule has 0 bridgehead atoms. The number of methoxy groups -OCH3 is 1. The van der Waals surface area contributed by atoms with Gasteiger partial charge in [-0.25, -0.2) is 4.39 Å². The fourth-order valence-corrected chi connectivity index (χ4v) is 7.54. The van der Waals surface area contributed by atoms with Crippen LogP contribution in [0.1, 0.15) is 54.5 Å². The van der Waals surface area contributed by atoms with Crippen LogP contribution in [0.5, 0.6) is 11.5 Å². The number of ether oxygens (including phenoxy) is 2. The molecule has 8 nitrogen and oxygen atoms in total. The van der Waals surface area contributed by atoms with Crippen molar-refractivity contribution in [3.05, 3.63) is 113 Å². The summed E-state index contributed by atoms with van der Waals surface area (Å²) in [4.78, 5) is 28.7. The van der Waals surface area contributed by atoms with Crippen LogP contribution < -0.4 is 14.4 Å². The van der Waals surface area contributed by atoms with Crippen LogP contribution in [0, 0.1) is 12.7 Å². The number of unbranched alkanes of at least 4 members (excludes halogenated alkanes) is 2. The van der Waals surface area contributed by atoms with E-state index in [4.69, 9.17) is 9.47 Å². The van der Waals surface area contributed by atoms with E-state index in [0.717, 1.165) is 41.7 Å². The second kappa shape index (κ2) is 14.6. The Morgan fingerprint density at radius 2 is 1.81 bits per heavy atom. The molecule has 1 aliphatic heterocycles. The van der Waals surface area contributed by atoms with Crippen molar-refractivity contribution < 1.29 is 28.6 Å². The highest BCUT2D eigenvalue weighted by Crippen LogP contribution is 2.46. The van der Waals surface area contributed by atoms with Crippen molar-refractivity contribution in [1.82, 2.24) is 10.2 Å². The number of fused-ring (bicyclic) bond motifs is 1. The Morgan fingerprint density at radius 1 is 1.00 bits per heavy atom. The molecule has 5 aromatic rings. The number of halogens is 1. The molecular weight excluding hydrogens is 650 g/mol. The minimum atomic E-state index is -1.10. The first-order valence-corrected chi connectivity index (χ1v) is 17.4. The first-order valence-electron chi connectivity index (χ1n) is 15.6. The molecule has 0 saturated carbocycles. The monoisotopic (exact) mass is 683 g/mol. The number of aliphatic hydroxyl groups excluding tert-OH is 1. The van der Waals surface area contributed by atoms with Gasteiger partial charge in [-0.1, -0.05) is 104 Å². The summed E-state index contributed by atoms with van der Waals surface area (Å²) in [7, 11) is 1.51. The maximum absolute atomic E-state index is 14.6. The number of aromatic nitrogens is 2. The van der Waals surface area contributed by atoms with E-state index in [2.05, 4.69) is 41.4 Å². The van der Waals surface area contributed by atoms with Crippen molar-refractivity contribution >= 4 is 56.5 Å². The number of thioether (sulfide) groups is 1. The quantitative estimate of drug-likeness (QED) is 0.0348. The Morgan fingerprint density at radius 3 is 2.60 bits per heavy atom. The minimum Gasteiger partial charge on any atom is -0.507 e. The van der Waals surface area contributed by atoms with Crippen LogP contribution in [0.2, 0.25) is 0 Å². The highest BCUT2D eigenvalue weighted by atomic mass is 32.2. The number of hydrogen-bond acceptors (Lipinski definition) is 9. The van der Waals surface area contributed by atoms with E-state index < -0.39 is 29.3 Å². The number of carbonyl (C=O) groups is 2. The molecule has 4 aromatic carbocycles. The van der Waals surface area contributed by atoms with Crippen LogP contribution in [-0.4, -0.2) is 40.7 Å². The van der Waals surface area contributed by atoms with E-state index in [-0.39, 0.29) is 16.3 Å². The van der Waals surface area contributed by atoms with E-state index in [1.165, 1.54) is 47.2 Å². The summed E-state index contributed by atoms with van der Waals surface area (Å²) in [6.07, 6.45) is 2.96. The zero-order valence-electron chi connectivity index (χ0n) is 26.7. The van der Waals surface area contributed by atoms with E-state index in [9.17, 15) is 19.1 Å². The summed E-state index contributed by atoms with van der Waals surface area (Å²) in [5.41, 5.74) is 1.87.